The van der Waals surface area contributed by atoms with Crippen LogP contribution in [0.25, 0.3) is 28.3 Å². The molecular weight excluding hydrogens is 590 g/mol. The molecule has 0 aliphatic heterocycles. The standard InChI is InChI=1S/C40H47NO6/c42-29-36-37(43)22-21-34(40(36)35-27-33(31-16-7-4-8-17-31)19-18-32(35)20-23-39(45)46)38(44)28-41-24-10-1-2-11-25-47-26-12-9-15-30-13-5-3-6-14-30/h3-8,13-14,16-23,27,38,41-44H,1-2,9-12,15,24-26,28-29H2,(H,45,46)/b23-20+. The molecule has 5 N–H and O–H groups in total. The van der Waals surface area contributed by atoms with E-state index in [9.17, 15) is 25.2 Å². The second-order valence-corrected chi connectivity index (χ2v) is 11.7. The summed E-state index contributed by atoms with van der Waals surface area (Å²) in [5.74, 6) is -1.19. The molecular formula is C40H47NO6. The lowest BCUT2D eigenvalue weighted by Crippen LogP contribution is -2.23. The highest BCUT2D eigenvalue weighted by Crippen LogP contribution is 2.40. The van der Waals surface area contributed by atoms with Gasteiger partial charge in [0.15, 0.2) is 0 Å². The van der Waals surface area contributed by atoms with Crippen molar-refractivity contribution in [1.29, 1.82) is 0 Å². The van der Waals surface area contributed by atoms with Crippen LogP contribution >= 0.6 is 0 Å². The zero-order chi connectivity index (χ0) is 33.3. The highest BCUT2D eigenvalue weighted by Gasteiger charge is 2.22. The Balaban J connectivity index is 1.31. The second kappa shape index (κ2) is 19.4. The lowest BCUT2D eigenvalue weighted by atomic mass is 9.86. The molecule has 1 unspecified atom stereocenters. The molecule has 0 heterocycles. The van der Waals surface area contributed by atoms with E-state index in [0.29, 0.717) is 22.3 Å². The smallest absolute Gasteiger partial charge is 0.328 e. The summed E-state index contributed by atoms with van der Waals surface area (Å²) in [6.07, 6.45) is 9.06. The van der Waals surface area contributed by atoms with Gasteiger partial charge < -0.3 is 30.5 Å². The van der Waals surface area contributed by atoms with Crippen molar-refractivity contribution in [1.82, 2.24) is 5.32 Å². The monoisotopic (exact) mass is 637 g/mol. The third-order valence-corrected chi connectivity index (χ3v) is 8.25. The second-order valence-electron chi connectivity index (χ2n) is 11.7. The highest BCUT2D eigenvalue weighted by molar-refractivity contribution is 5.90. The van der Waals surface area contributed by atoms with Crippen molar-refractivity contribution in [2.75, 3.05) is 26.3 Å². The molecule has 248 valence electrons. The molecule has 0 aliphatic rings. The van der Waals surface area contributed by atoms with E-state index >= 15 is 0 Å². The molecule has 4 aromatic rings. The summed E-state index contributed by atoms with van der Waals surface area (Å²) in [5, 5.41) is 45.0. The van der Waals surface area contributed by atoms with E-state index in [1.165, 1.54) is 17.7 Å². The van der Waals surface area contributed by atoms with Gasteiger partial charge in [-0.3, -0.25) is 0 Å². The molecule has 0 aromatic heterocycles. The number of aromatic hydroxyl groups is 1. The van der Waals surface area contributed by atoms with Crippen LogP contribution in [-0.2, 0) is 22.6 Å². The van der Waals surface area contributed by atoms with E-state index in [-0.39, 0.29) is 17.9 Å². The molecule has 0 saturated heterocycles. The van der Waals surface area contributed by atoms with Crippen molar-refractivity contribution < 1.29 is 30.0 Å². The summed E-state index contributed by atoms with van der Waals surface area (Å²) in [6, 6.07) is 29.1. The highest BCUT2D eigenvalue weighted by atomic mass is 16.5. The molecule has 0 radical (unpaired) electrons. The van der Waals surface area contributed by atoms with Gasteiger partial charge in [-0.1, -0.05) is 91.7 Å². The Bertz CT molecular complexity index is 1550. The van der Waals surface area contributed by atoms with Crippen molar-refractivity contribution in [3.8, 4) is 28.0 Å². The van der Waals surface area contributed by atoms with Crippen molar-refractivity contribution in [3.63, 3.8) is 0 Å². The van der Waals surface area contributed by atoms with Crippen molar-refractivity contribution in [2.24, 2.45) is 0 Å². The molecule has 0 bridgehead atoms. The summed E-state index contributed by atoms with van der Waals surface area (Å²) in [5.41, 5.74) is 5.71. The van der Waals surface area contributed by atoms with Gasteiger partial charge in [0.1, 0.15) is 5.75 Å². The minimum Gasteiger partial charge on any atom is -0.508 e. The maximum Gasteiger partial charge on any atom is 0.328 e. The summed E-state index contributed by atoms with van der Waals surface area (Å²) >= 11 is 0. The number of benzene rings is 4. The number of aryl methyl sites for hydroxylation is 1. The van der Waals surface area contributed by atoms with Crippen LogP contribution < -0.4 is 5.32 Å². The quantitative estimate of drug-likeness (QED) is 0.0502. The van der Waals surface area contributed by atoms with Crippen molar-refractivity contribution in [2.45, 2.75) is 57.7 Å². The van der Waals surface area contributed by atoms with E-state index in [0.717, 1.165) is 81.9 Å². The van der Waals surface area contributed by atoms with Gasteiger partial charge in [0.25, 0.3) is 0 Å². The largest absolute Gasteiger partial charge is 0.508 e. The number of carboxylic acids is 1. The molecule has 0 aliphatic carbocycles. The first-order chi connectivity index (χ1) is 23.0. The zero-order valence-electron chi connectivity index (χ0n) is 27.0. The number of carboxylic acid groups (broad SMARTS) is 1. The van der Waals surface area contributed by atoms with Gasteiger partial charge in [0.05, 0.1) is 12.7 Å². The number of aliphatic carboxylic acids is 1. The van der Waals surface area contributed by atoms with Crippen LogP contribution in [0.2, 0.25) is 0 Å². The van der Waals surface area contributed by atoms with Crippen LogP contribution in [0.4, 0.5) is 0 Å². The Kier molecular flexibility index (Phi) is 14.7. The first-order valence-corrected chi connectivity index (χ1v) is 16.5. The first kappa shape index (κ1) is 35.6. The molecule has 0 spiro atoms. The van der Waals surface area contributed by atoms with Crippen molar-refractivity contribution >= 4 is 12.0 Å². The molecule has 7 heteroatoms. The normalized spacial score (nSPS) is 12.0. The van der Waals surface area contributed by atoms with Crippen LogP contribution in [0, 0.1) is 0 Å². The van der Waals surface area contributed by atoms with E-state index in [4.69, 9.17) is 4.74 Å². The van der Waals surface area contributed by atoms with Crippen molar-refractivity contribution in [3.05, 3.63) is 119 Å². The SMILES string of the molecule is O=C(O)/C=C/c1ccc(-c2ccccc2)cc1-c1c(C(O)CNCCCCCCOCCCCc2ccccc2)ccc(O)c1CO. The van der Waals surface area contributed by atoms with E-state index in [1.807, 2.05) is 54.6 Å². The average Bonchev–Trinajstić information content (AvgIpc) is 3.09. The van der Waals surface area contributed by atoms with E-state index < -0.39 is 18.7 Å². The molecule has 4 aromatic carbocycles. The summed E-state index contributed by atoms with van der Waals surface area (Å²) in [4.78, 5) is 11.4. The van der Waals surface area contributed by atoms with Crippen LogP contribution in [0.1, 0.15) is 66.9 Å². The Hall–Kier alpha value is -4.27. The number of rotatable bonds is 20. The molecule has 0 fully saturated rings. The minimum absolute atomic E-state index is 0.0964. The third-order valence-electron chi connectivity index (χ3n) is 8.25. The number of aliphatic hydroxyl groups excluding tert-OH is 2. The lowest BCUT2D eigenvalue weighted by Gasteiger charge is -2.22. The fraction of sp³-hybridized carbons (Fsp3) is 0.325. The number of phenols is 1. The third kappa shape index (κ3) is 11.2. The minimum atomic E-state index is -1.09. The maximum absolute atomic E-state index is 11.4. The Morgan fingerprint density at radius 2 is 1.51 bits per heavy atom. The topological polar surface area (TPSA) is 119 Å². The Labute approximate surface area is 278 Å². The first-order valence-electron chi connectivity index (χ1n) is 16.5. The van der Waals surface area contributed by atoms with Gasteiger partial charge in [-0.15, -0.1) is 0 Å². The predicted octanol–water partition coefficient (Wildman–Crippen LogP) is 7.54. The predicted molar refractivity (Wildman–Crippen MR) is 188 cm³/mol. The number of carbonyl (C=O) groups is 1. The number of aliphatic hydroxyl groups is 2. The fourth-order valence-corrected chi connectivity index (χ4v) is 5.74. The van der Waals surface area contributed by atoms with Gasteiger partial charge in [-0.25, -0.2) is 4.79 Å². The van der Waals surface area contributed by atoms with Crippen LogP contribution in [-0.4, -0.2) is 52.7 Å². The van der Waals surface area contributed by atoms with Gasteiger partial charge in [-0.05, 0) is 95.8 Å². The fourth-order valence-electron chi connectivity index (χ4n) is 5.74. The van der Waals surface area contributed by atoms with Crippen LogP contribution in [0.5, 0.6) is 5.75 Å². The van der Waals surface area contributed by atoms with Crippen LogP contribution in [0.3, 0.4) is 0 Å². The number of hydrogen-bond acceptors (Lipinski definition) is 6. The maximum atomic E-state index is 11.4. The van der Waals surface area contributed by atoms with Gasteiger partial charge in [0.2, 0.25) is 0 Å². The van der Waals surface area contributed by atoms with Gasteiger partial charge >= 0.3 is 5.97 Å². The summed E-state index contributed by atoms with van der Waals surface area (Å²) in [7, 11) is 0. The van der Waals surface area contributed by atoms with E-state index in [2.05, 4.69) is 29.6 Å². The zero-order valence-corrected chi connectivity index (χ0v) is 27.0. The molecule has 0 amide bonds. The molecule has 7 nitrogen and oxygen atoms in total. The Morgan fingerprint density at radius 3 is 2.23 bits per heavy atom. The number of ether oxygens (including phenoxy) is 1. The van der Waals surface area contributed by atoms with Gasteiger partial charge in [-0.2, -0.15) is 0 Å². The molecule has 0 saturated carbocycles. The molecule has 4 rings (SSSR count). The summed E-state index contributed by atoms with van der Waals surface area (Å²) < 4.78 is 5.80. The number of hydrogen-bond donors (Lipinski definition) is 5. The summed E-state index contributed by atoms with van der Waals surface area (Å²) in [6.45, 7) is 2.16. The number of unbranched alkanes of at least 4 members (excludes halogenated alkanes) is 4. The average molecular weight is 638 g/mol. The Morgan fingerprint density at radius 1 is 0.809 bits per heavy atom. The molecule has 1 atom stereocenters. The van der Waals surface area contributed by atoms with Gasteiger partial charge in [0, 0.05) is 31.4 Å². The molecule has 47 heavy (non-hydrogen) atoms. The van der Waals surface area contributed by atoms with Crippen LogP contribution in [0.15, 0.2) is 97.1 Å². The number of nitrogens with one attached hydrogen (secondary N) is 1. The van der Waals surface area contributed by atoms with E-state index in [1.54, 1.807) is 6.07 Å². The lowest BCUT2D eigenvalue weighted by molar-refractivity contribution is -0.131.